The van der Waals surface area contributed by atoms with Crippen LogP contribution in [-0.4, -0.2) is 88.6 Å². The van der Waals surface area contributed by atoms with Crippen molar-refractivity contribution in [3.63, 3.8) is 0 Å². The number of halogens is 1. The average Bonchev–Trinajstić information content (AvgIpc) is 3.42. The zero-order valence-corrected chi connectivity index (χ0v) is 19.8. The van der Waals surface area contributed by atoms with Crippen LogP contribution in [-0.2, 0) is 23.7 Å². The Bertz CT molecular complexity index is 1000. The van der Waals surface area contributed by atoms with Gasteiger partial charge in [0, 0.05) is 20.3 Å². The molecular formula is C22H33FN6O6. The summed E-state index contributed by atoms with van der Waals surface area (Å²) >= 11 is 0. The molecule has 5 heterocycles. The minimum Gasteiger partial charge on any atom is -0.394 e. The van der Waals surface area contributed by atoms with E-state index in [1.807, 2.05) is 0 Å². The molecule has 3 fully saturated rings. The van der Waals surface area contributed by atoms with Crippen LogP contribution in [0.1, 0.15) is 44.8 Å². The molecule has 0 saturated carbocycles. The van der Waals surface area contributed by atoms with Crippen molar-refractivity contribution in [3.05, 3.63) is 6.33 Å². The Morgan fingerprint density at radius 3 is 2.60 bits per heavy atom. The number of fused-ring (bicyclic) bond motifs is 1. The second kappa shape index (κ2) is 10.4. The first kappa shape index (κ1) is 24.5. The molecule has 13 heteroatoms. The summed E-state index contributed by atoms with van der Waals surface area (Å²) in [6.07, 6.45) is 1.93. The largest absolute Gasteiger partial charge is 0.394 e. The van der Waals surface area contributed by atoms with Gasteiger partial charge in [0.25, 0.3) is 0 Å². The molecule has 3 saturated heterocycles. The van der Waals surface area contributed by atoms with Gasteiger partial charge in [-0.3, -0.25) is 4.57 Å². The number of nitrogens with two attached hydrogens (primary N) is 1. The van der Waals surface area contributed by atoms with E-state index in [1.165, 1.54) is 10.9 Å². The summed E-state index contributed by atoms with van der Waals surface area (Å²) in [5.41, 5.74) is 4.37. The number of aliphatic hydroxyl groups is 1. The fourth-order valence-electron chi connectivity index (χ4n) is 4.91. The van der Waals surface area contributed by atoms with E-state index in [2.05, 4.69) is 20.3 Å². The Labute approximate surface area is 202 Å². The van der Waals surface area contributed by atoms with E-state index < -0.39 is 43.3 Å². The van der Waals surface area contributed by atoms with E-state index in [9.17, 15) is 5.11 Å². The maximum atomic E-state index is 17.2. The summed E-state index contributed by atoms with van der Waals surface area (Å²) < 4.78 is 48.1. The lowest BCUT2D eigenvalue weighted by atomic mass is 9.96. The highest BCUT2D eigenvalue weighted by Crippen LogP contribution is 2.46. The summed E-state index contributed by atoms with van der Waals surface area (Å²) in [6, 6.07) is 0. The number of hydrogen-bond acceptors (Lipinski definition) is 11. The Balaban J connectivity index is 1.50. The molecule has 2 unspecified atom stereocenters. The lowest BCUT2D eigenvalue weighted by molar-refractivity contribution is -0.237. The Kier molecular flexibility index (Phi) is 7.32. The van der Waals surface area contributed by atoms with Gasteiger partial charge in [0.2, 0.25) is 11.6 Å². The molecule has 4 N–H and O–H groups in total. The molecule has 0 aromatic carbocycles. The number of anilines is 2. The van der Waals surface area contributed by atoms with Gasteiger partial charge in [0.15, 0.2) is 35.8 Å². The molecule has 0 aliphatic carbocycles. The van der Waals surface area contributed by atoms with Gasteiger partial charge in [-0.25, -0.2) is 9.37 Å². The van der Waals surface area contributed by atoms with Crippen molar-refractivity contribution in [2.24, 2.45) is 0 Å². The fraction of sp³-hybridized carbons (Fsp3) is 0.773. The van der Waals surface area contributed by atoms with Gasteiger partial charge in [-0.05, 0) is 38.5 Å². The molecule has 0 bridgehead atoms. The van der Waals surface area contributed by atoms with Crippen LogP contribution in [0.25, 0.3) is 11.2 Å². The molecule has 0 radical (unpaired) electrons. The van der Waals surface area contributed by atoms with Crippen molar-refractivity contribution in [2.75, 3.05) is 44.5 Å². The van der Waals surface area contributed by atoms with E-state index in [-0.39, 0.29) is 18.2 Å². The first-order chi connectivity index (χ1) is 17.0. The minimum atomic E-state index is -2.22. The summed E-state index contributed by atoms with van der Waals surface area (Å²) in [6.45, 7) is 0.265. The van der Waals surface area contributed by atoms with Crippen molar-refractivity contribution in [1.82, 2.24) is 19.5 Å². The normalized spacial score (nSPS) is 33.9. The fourth-order valence-corrected chi connectivity index (χ4v) is 4.91. The molecule has 3 aliphatic rings. The van der Waals surface area contributed by atoms with Gasteiger partial charge in [0.05, 0.1) is 19.5 Å². The molecular weight excluding hydrogens is 463 g/mol. The first-order valence-corrected chi connectivity index (χ1v) is 12.2. The number of nitrogens with zero attached hydrogens (tertiary/aromatic N) is 4. The van der Waals surface area contributed by atoms with Crippen molar-refractivity contribution in [2.45, 2.75) is 75.2 Å². The molecule has 12 nitrogen and oxygen atoms in total. The Hall–Kier alpha value is -2.16. The molecule has 0 spiro atoms. The third-order valence-electron chi connectivity index (χ3n) is 6.70. The molecule has 35 heavy (non-hydrogen) atoms. The van der Waals surface area contributed by atoms with Gasteiger partial charge < -0.3 is 39.8 Å². The quantitative estimate of drug-likeness (QED) is 0.488. The van der Waals surface area contributed by atoms with Crippen molar-refractivity contribution in [3.8, 4) is 0 Å². The summed E-state index contributed by atoms with van der Waals surface area (Å²) in [5, 5.41) is 13.0. The molecule has 2 aromatic rings. The summed E-state index contributed by atoms with van der Waals surface area (Å²) in [5.74, 6) is 0.405. The van der Waals surface area contributed by atoms with Gasteiger partial charge in [-0.2, -0.15) is 9.97 Å². The van der Waals surface area contributed by atoms with E-state index in [1.54, 1.807) is 7.05 Å². The second-order valence-electron chi connectivity index (χ2n) is 9.10. The van der Waals surface area contributed by atoms with Crippen molar-refractivity contribution < 1.29 is 33.2 Å². The number of ether oxygens (including phenoxy) is 5. The summed E-state index contributed by atoms with van der Waals surface area (Å²) in [4.78, 5) is 12.8. The molecule has 6 atom stereocenters. The first-order valence-electron chi connectivity index (χ1n) is 12.2. The third kappa shape index (κ3) is 4.80. The van der Waals surface area contributed by atoms with Crippen LogP contribution in [0.3, 0.4) is 0 Å². The molecule has 194 valence electrons. The van der Waals surface area contributed by atoms with Crippen LogP contribution in [0.5, 0.6) is 0 Å². The highest BCUT2D eigenvalue weighted by Gasteiger charge is 2.61. The lowest BCUT2D eigenvalue weighted by Crippen LogP contribution is -2.51. The monoisotopic (exact) mass is 496 g/mol. The number of rotatable bonds is 8. The van der Waals surface area contributed by atoms with E-state index >= 15 is 4.39 Å². The zero-order chi connectivity index (χ0) is 24.4. The highest BCUT2D eigenvalue weighted by molar-refractivity contribution is 5.84. The highest BCUT2D eigenvalue weighted by atomic mass is 19.1. The standard InChI is InChI=1S/C22H33FN6O6/c1-25-18-16-19(28-21(24)27-18)29(12-26-16)20-22(23,11-33-14-6-2-4-8-31-14)17(13(10-30)34-20)35-15-7-3-5-9-32-15/h12-15,17,20,30H,2-11H2,1H3,(H3,24,25,27,28)/t13-,14?,15?,17-,20-,22-/m1/s1. The third-order valence-corrected chi connectivity index (χ3v) is 6.70. The van der Waals surface area contributed by atoms with Crippen LogP contribution in [0.2, 0.25) is 0 Å². The predicted octanol–water partition coefficient (Wildman–Crippen LogP) is 1.50. The molecule has 5 rings (SSSR count). The van der Waals surface area contributed by atoms with Gasteiger partial charge in [-0.1, -0.05) is 0 Å². The smallest absolute Gasteiger partial charge is 0.224 e. The van der Waals surface area contributed by atoms with Crippen molar-refractivity contribution in [1.29, 1.82) is 0 Å². The number of hydrogen-bond donors (Lipinski definition) is 3. The maximum absolute atomic E-state index is 17.2. The van der Waals surface area contributed by atoms with Crippen molar-refractivity contribution >= 4 is 22.9 Å². The number of nitrogen functional groups attached to an aromatic ring is 1. The number of aromatic nitrogens is 4. The van der Waals surface area contributed by atoms with Crippen LogP contribution in [0.4, 0.5) is 16.2 Å². The minimum absolute atomic E-state index is 0.0000227. The topological polar surface area (TPSA) is 148 Å². The van der Waals surface area contributed by atoms with Crippen LogP contribution < -0.4 is 11.1 Å². The Morgan fingerprint density at radius 1 is 1.20 bits per heavy atom. The van der Waals surface area contributed by atoms with E-state index in [0.29, 0.717) is 37.4 Å². The number of nitrogens with one attached hydrogen (secondary N) is 1. The predicted molar refractivity (Wildman–Crippen MR) is 122 cm³/mol. The zero-order valence-electron chi connectivity index (χ0n) is 19.8. The van der Waals surface area contributed by atoms with Crippen LogP contribution in [0, 0.1) is 0 Å². The van der Waals surface area contributed by atoms with Crippen LogP contribution >= 0.6 is 0 Å². The number of alkyl halides is 1. The molecule has 3 aliphatic heterocycles. The van der Waals surface area contributed by atoms with Gasteiger partial charge in [0.1, 0.15) is 12.2 Å². The molecule has 2 aromatic heterocycles. The lowest BCUT2D eigenvalue weighted by Gasteiger charge is -2.35. The average molecular weight is 497 g/mol. The van der Waals surface area contributed by atoms with Gasteiger partial charge in [-0.15, -0.1) is 0 Å². The number of aliphatic hydroxyl groups excluding tert-OH is 1. The van der Waals surface area contributed by atoms with E-state index in [0.717, 1.165) is 25.7 Å². The Morgan fingerprint density at radius 2 is 1.94 bits per heavy atom. The second-order valence-corrected chi connectivity index (χ2v) is 9.10. The van der Waals surface area contributed by atoms with Crippen LogP contribution in [0.15, 0.2) is 6.33 Å². The molecule has 0 amide bonds. The van der Waals surface area contributed by atoms with E-state index in [4.69, 9.17) is 29.4 Å². The van der Waals surface area contributed by atoms with Gasteiger partial charge >= 0.3 is 0 Å². The number of imidazole rings is 1. The summed E-state index contributed by atoms with van der Waals surface area (Å²) in [7, 11) is 1.68. The SMILES string of the molecule is CNc1nc(N)nc2c1ncn2[C@@H]1O[C@H](CO)[C@@H](OC2CCCCO2)[C@]1(F)COC1CCCCO1. The maximum Gasteiger partial charge on any atom is 0.224 e.